The second-order valence-corrected chi connectivity index (χ2v) is 7.84. The van der Waals surface area contributed by atoms with Gasteiger partial charge in [-0.1, -0.05) is 0 Å². The standard InChI is InChI=1S/C17H24N2O3S/c1-13-4-5-14(23-13)15(20)19-9-7-17(12-19)6-3-8-18(16(17)21)10-11-22-2/h4-5H,3,6-12H2,1-2H3/t17-/m0/s1. The minimum Gasteiger partial charge on any atom is -0.383 e. The number of thiophene rings is 1. The summed E-state index contributed by atoms with van der Waals surface area (Å²) in [5, 5.41) is 0. The summed E-state index contributed by atoms with van der Waals surface area (Å²) < 4.78 is 5.11. The maximum atomic E-state index is 12.9. The molecule has 2 amide bonds. The van der Waals surface area contributed by atoms with Crippen LogP contribution in [0.5, 0.6) is 0 Å². The minimum absolute atomic E-state index is 0.0711. The largest absolute Gasteiger partial charge is 0.383 e. The van der Waals surface area contributed by atoms with E-state index in [4.69, 9.17) is 4.74 Å². The molecule has 3 heterocycles. The highest BCUT2D eigenvalue weighted by atomic mass is 32.1. The van der Waals surface area contributed by atoms with Crippen molar-refractivity contribution in [2.24, 2.45) is 5.41 Å². The normalized spacial score (nSPS) is 24.7. The number of hydrogen-bond acceptors (Lipinski definition) is 4. The third-order valence-corrected chi connectivity index (χ3v) is 5.97. The van der Waals surface area contributed by atoms with Crippen molar-refractivity contribution < 1.29 is 14.3 Å². The lowest BCUT2D eigenvalue weighted by molar-refractivity contribution is -0.146. The molecular weight excluding hydrogens is 312 g/mol. The van der Waals surface area contributed by atoms with Gasteiger partial charge in [0.05, 0.1) is 16.9 Å². The average Bonchev–Trinajstić information content (AvgIpc) is 3.16. The molecule has 3 rings (SSSR count). The van der Waals surface area contributed by atoms with E-state index < -0.39 is 0 Å². The van der Waals surface area contributed by atoms with Gasteiger partial charge < -0.3 is 14.5 Å². The maximum absolute atomic E-state index is 12.9. The van der Waals surface area contributed by atoms with Crippen molar-refractivity contribution in [3.63, 3.8) is 0 Å². The molecule has 6 heteroatoms. The first-order valence-electron chi connectivity index (χ1n) is 8.20. The van der Waals surface area contributed by atoms with Crippen LogP contribution in [-0.4, -0.2) is 61.5 Å². The minimum atomic E-state index is -0.367. The molecular formula is C17H24N2O3S. The Kier molecular flexibility index (Phi) is 4.73. The van der Waals surface area contributed by atoms with Crippen LogP contribution in [0.25, 0.3) is 0 Å². The predicted octanol–water partition coefficient (Wildman–Crippen LogP) is 2.16. The van der Waals surface area contributed by atoms with Crippen LogP contribution in [0.2, 0.25) is 0 Å². The van der Waals surface area contributed by atoms with Crippen LogP contribution in [0, 0.1) is 12.3 Å². The van der Waals surface area contributed by atoms with Crippen LogP contribution in [0.3, 0.4) is 0 Å². The van der Waals surface area contributed by atoms with Crippen molar-refractivity contribution in [1.82, 2.24) is 9.80 Å². The van der Waals surface area contributed by atoms with Gasteiger partial charge in [0, 0.05) is 38.2 Å². The Balaban J connectivity index is 1.70. The van der Waals surface area contributed by atoms with E-state index in [0.717, 1.165) is 35.6 Å². The zero-order valence-corrected chi connectivity index (χ0v) is 14.7. The summed E-state index contributed by atoms with van der Waals surface area (Å²) in [5.74, 6) is 0.278. The summed E-state index contributed by atoms with van der Waals surface area (Å²) in [4.78, 5) is 31.2. The fraction of sp³-hybridized carbons (Fsp3) is 0.647. The lowest BCUT2D eigenvalue weighted by atomic mass is 9.78. The highest BCUT2D eigenvalue weighted by molar-refractivity contribution is 7.13. The second kappa shape index (κ2) is 6.61. The molecule has 0 radical (unpaired) electrons. The Morgan fingerprint density at radius 2 is 2.17 bits per heavy atom. The highest BCUT2D eigenvalue weighted by Gasteiger charge is 2.49. The first kappa shape index (κ1) is 16.5. The number of amides is 2. The van der Waals surface area contributed by atoms with Gasteiger partial charge in [-0.15, -0.1) is 11.3 Å². The van der Waals surface area contributed by atoms with Gasteiger partial charge in [-0.3, -0.25) is 9.59 Å². The topological polar surface area (TPSA) is 49.9 Å². The molecule has 2 aliphatic heterocycles. The van der Waals surface area contributed by atoms with Crippen molar-refractivity contribution in [2.45, 2.75) is 26.2 Å². The lowest BCUT2D eigenvalue weighted by Crippen LogP contribution is -2.51. The van der Waals surface area contributed by atoms with Crippen molar-refractivity contribution in [2.75, 3.05) is 39.9 Å². The zero-order valence-electron chi connectivity index (χ0n) is 13.8. The number of piperidine rings is 1. The number of ether oxygens (including phenoxy) is 1. The molecule has 0 bridgehead atoms. The fourth-order valence-corrected chi connectivity index (χ4v) is 4.53. The molecule has 1 aromatic heterocycles. The van der Waals surface area contributed by atoms with E-state index in [9.17, 15) is 9.59 Å². The van der Waals surface area contributed by atoms with Crippen molar-refractivity contribution in [3.8, 4) is 0 Å². The molecule has 0 saturated carbocycles. The van der Waals surface area contributed by atoms with E-state index in [0.29, 0.717) is 26.2 Å². The van der Waals surface area contributed by atoms with Gasteiger partial charge in [0.1, 0.15) is 0 Å². The lowest BCUT2D eigenvalue weighted by Gasteiger charge is -2.39. The zero-order chi connectivity index (χ0) is 16.4. The molecule has 0 unspecified atom stereocenters. The molecule has 1 atom stereocenters. The first-order valence-corrected chi connectivity index (χ1v) is 9.01. The molecule has 0 aliphatic carbocycles. The van der Waals surface area contributed by atoms with Crippen molar-refractivity contribution >= 4 is 23.2 Å². The summed E-state index contributed by atoms with van der Waals surface area (Å²) in [6, 6.07) is 3.86. The van der Waals surface area contributed by atoms with Crippen LogP contribution in [-0.2, 0) is 9.53 Å². The van der Waals surface area contributed by atoms with Gasteiger partial charge >= 0.3 is 0 Å². The second-order valence-electron chi connectivity index (χ2n) is 6.56. The number of likely N-dealkylation sites (tertiary alicyclic amines) is 2. The number of carbonyl (C=O) groups is 2. The summed E-state index contributed by atoms with van der Waals surface area (Å²) in [7, 11) is 1.66. The van der Waals surface area contributed by atoms with E-state index in [-0.39, 0.29) is 17.2 Å². The van der Waals surface area contributed by atoms with Gasteiger partial charge in [-0.2, -0.15) is 0 Å². The van der Waals surface area contributed by atoms with Crippen LogP contribution in [0.15, 0.2) is 12.1 Å². The predicted molar refractivity (Wildman–Crippen MR) is 89.7 cm³/mol. The van der Waals surface area contributed by atoms with Gasteiger partial charge in [-0.25, -0.2) is 0 Å². The highest BCUT2D eigenvalue weighted by Crippen LogP contribution is 2.40. The monoisotopic (exact) mass is 336 g/mol. The number of hydrogen-bond donors (Lipinski definition) is 0. The fourth-order valence-electron chi connectivity index (χ4n) is 3.70. The Hall–Kier alpha value is -1.40. The van der Waals surface area contributed by atoms with Crippen LogP contribution in [0.1, 0.15) is 33.8 Å². The van der Waals surface area contributed by atoms with Gasteiger partial charge in [-0.05, 0) is 38.3 Å². The average molecular weight is 336 g/mol. The molecule has 126 valence electrons. The molecule has 2 aliphatic rings. The van der Waals surface area contributed by atoms with Gasteiger partial charge in [0.2, 0.25) is 5.91 Å². The Bertz CT molecular complexity index is 600. The maximum Gasteiger partial charge on any atom is 0.263 e. The van der Waals surface area contributed by atoms with Crippen LogP contribution < -0.4 is 0 Å². The molecule has 0 N–H and O–H groups in total. The summed E-state index contributed by atoms with van der Waals surface area (Å²) in [5.41, 5.74) is -0.367. The number of methoxy groups -OCH3 is 1. The van der Waals surface area contributed by atoms with E-state index in [1.807, 2.05) is 28.9 Å². The number of nitrogens with zero attached hydrogens (tertiary/aromatic N) is 2. The molecule has 2 saturated heterocycles. The smallest absolute Gasteiger partial charge is 0.263 e. The number of carbonyl (C=O) groups excluding carboxylic acids is 2. The molecule has 1 aromatic rings. The third-order valence-electron chi connectivity index (χ3n) is 4.98. The van der Waals surface area contributed by atoms with Crippen LogP contribution in [0.4, 0.5) is 0 Å². The number of aryl methyl sites for hydroxylation is 1. The van der Waals surface area contributed by atoms with Crippen molar-refractivity contribution in [3.05, 3.63) is 21.9 Å². The molecule has 5 nitrogen and oxygen atoms in total. The Morgan fingerprint density at radius 3 is 2.87 bits per heavy atom. The molecule has 23 heavy (non-hydrogen) atoms. The Labute approximate surface area is 141 Å². The summed E-state index contributed by atoms with van der Waals surface area (Å²) in [6.45, 7) is 5.27. The summed E-state index contributed by atoms with van der Waals surface area (Å²) in [6.07, 6.45) is 2.68. The summed E-state index contributed by atoms with van der Waals surface area (Å²) >= 11 is 1.53. The van der Waals surface area contributed by atoms with E-state index in [1.54, 1.807) is 7.11 Å². The van der Waals surface area contributed by atoms with Crippen molar-refractivity contribution in [1.29, 1.82) is 0 Å². The van der Waals surface area contributed by atoms with Gasteiger partial charge in [0.25, 0.3) is 5.91 Å². The van der Waals surface area contributed by atoms with E-state index >= 15 is 0 Å². The molecule has 0 aromatic carbocycles. The molecule has 2 fully saturated rings. The number of rotatable bonds is 4. The third kappa shape index (κ3) is 3.15. The first-order chi connectivity index (χ1) is 11.1. The van der Waals surface area contributed by atoms with Crippen LogP contribution >= 0.6 is 11.3 Å². The Morgan fingerprint density at radius 1 is 1.35 bits per heavy atom. The quantitative estimate of drug-likeness (QED) is 0.847. The van der Waals surface area contributed by atoms with Gasteiger partial charge in [0.15, 0.2) is 0 Å². The van der Waals surface area contributed by atoms with E-state index in [2.05, 4.69) is 0 Å². The van der Waals surface area contributed by atoms with E-state index in [1.165, 1.54) is 11.3 Å². The molecule has 1 spiro atoms. The SMILES string of the molecule is COCCN1CCC[C@@]2(CCN(C(=O)c3ccc(C)s3)C2)C1=O.